The summed E-state index contributed by atoms with van der Waals surface area (Å²) in [5.74, 6) is 0.686. The van der Waals surface area contributed by atoms with Crippen LogP contribution in [0.25, 0.3) is 21.6 Å². The van der Waals surface area contributed by atoms with E-state index in [1.165, 1.54) is 29.7 Å². The van der Waals surface area contributed by atoms with E-state index in [9.17, 15) is 0 Å². The minimum atomic E-state index is 0.589. The van der Waals surface area contributed by atoms with Gasteiger partial charge in [0, 0.05) is 22.8 Å². The van der Waals surface area contributed by atoms with Crippen LogP contribution in [0.1, 0.15) is 29.7 Å². The van der Waals surface area contributed by atoms with E-state index in [0.717, 1.165) is 28.6 Å². The summed E-state index contributed by atoms with van der Waals surface area (Å²) in [6, 6.07) is 3.83. The topological polar surface area (TPSA) is 38.7 Å². The standard InChI is InChI=1S/C16H14ClN3S/c17-14-13-11-4-2-1-3-5-12(11)21-16(13)20-15(19-14)10-6-8-18-9-7-10/h6-9H,1-5H2. The maximum Gasteiger partial charge on any atom is 0.162 e. The Morgan fingerprint density at radius 1 is 1.00 bits per heavy atom. The van der Waals surface area contributed by atoms with Crippen molar-refractivity contribution in [3.8, 4) is 11.4 Å². The van der Waals surface area contributed by atoms with Gasteiger partial charge in [-0.3, -0.25) is 4.98 Å². The zero-order valence-electron chi connectivity index (χ0n) is 11.5. The van der Waals surface area contributed by atoms with Gasteiger partial charge in [-0.05, 0) is 43.4 Å². The predicted octanol–water partition coefficient (Wildman–Crippen LogP) is 4.68. The molecular weight excluding hydrogens is 302 g/mol. The lowest BCUT2D eigenvalue weighted by Crippen LogP contribution is -1.92. The predicted molar refractivity (Wildman–Crippen MR) is 86.9 cm³/mol. The van der Waals surface area contributed by atoms with Crippen molar-refractivity contribution in [2.24, 2.45) is 0 Å². The van der Waals surface area contributed by atoms with Crippen molar-refractivity contribution in [2.75, 3.05) is 0 Å². The maximum atomic E-state index is 6.48. The number of hydrogen-bond donors (Lipinski definition) is 0. The lowest BCUT2D eigenvalue weighted by Gasteiger charge is -2.03. The van der Waals surface area contributed by atoms with Gasteiger partial charge in [0.1, 0.15) is 9.98 Å². The largest absolute Gasteiger partial charge is 0.265 e. The normalized spacial score (nSPS) is 14.9. The summed E-state index contributed by atoms with van der Waals surface area (Å²) in [5, 5.41) is 1.67. The molecule has 0 aliphatic heterocycles. The second kappa shape index (κ2) is 5.35. The first-order chi connectivity index (χ1) is 10.3. The third-order valence-corrected chi connectivity index (χ3v) is 5.42. The minimum absolute atomic E-state index is 0.589. The Labute approximate surface area is 132 Å². The molecule has 0 unspecified atom stereocenters. The average Bonchev–Trinajstić information content (AvgIpc) is 2.71. The van der Waals surface area contributed by atoms with Gasteiger partial charge in [-0.2, -0.15) is 0 Å². The fraction of sp³-hybridized carbons (Fsp3) is 0.312. The van der Waals surface area contributed by atoms with Crippen molar-refractivity contribution < 1.29 is 0 Å². The van der Waals surface area contributed by atoms with Crippen LogP contribution >= 0.6 is 22.9 Å². The molecule has 0 aromatic carbocycles. The van der Waals surface area contributed by atoms with Crippen molar-refractivity contribution >= 4 is 33.2 Å². The van der Waals surface area contributed by atoms with E-state index in [2.05, 4.69) is 9.97 Å². The van der Waals surface area contributed by atoms with Gasteiger partial charge < -0.3 is 0 Å². The molecule has 0 N–H and O–H groups in total. The van der Waals surface area contributed by atoms with Crippen molar-refractivity contribution in [3.05, 3.63) is 40.1 Å². The van der Waals surface area contributed by atoms with E-state index in [1.54, 1.807) is 23.7 Å². The van der Waals surface area contributed by atoms with Crippen LogP contribution in [0.4, 0.5) is 0 Å². The molecule has 106 valence electrons. The first kappa shape index (κ1) is 13.2. The van der Waals surface area contributed by atoms with Crippen LogP contribution < -0.4 is 0 Å². The number of hydrogen-bond acceptors (Lipinski definition) is 4. The summed E-state index contributed by atoms with van der Waals surface area (Å²) in [6.07, 6.45) is 9.56. The van der Waals surface area contributed by atoms with E-state index >= 15 is 0 Å². The van der Waals surface area contributed by atoms with Crippen molar-refractivity contribution in [3.63, 3.8) is 0 Å². The third kappa shape index (κ3) is 2.32. The monoisotopic (exact) mass is 315 g/mol. The SMILES string of the molecule is Clc1nc(-c2ccncc2)nc2sc3c(c12)CCCCC3. The molecule has 1 aliphatic carbocycles. The highest BCUT2D eigenvalue weighted by Crippen LogP contribution is 2.38. The highest BCUT2D eigenvalue weighted by molar-refractivity contribution is 7.19. The molecule has 3 heterocycles. The van der Waals surface area contributed by atoms with Crippen LogP contribution in [-0.2, 0) is 12.8 Å². The summed E-state index contributed by atoms with van der Waals surface area (Å²) in [4.78, 5) is 15.8. The van der Waals surface area contributed by atoms with Gasteiger partial charge in [0.05, 0.1) is 5.39 Å². The van der Waals surface area contributed by atoms with Gasteiger partial charge >= 0.3 is 0 Å². The quantitative estimate of drug-likeness (QED) is 0.483. The van der Waals surface area contributed by atoms with Gasteiger partial charge in [0.2, 0.25) is 0 Å². The first-order valence-corrected chi connectivity index (χ1v) is 8.40. The first-order valence-electron chi connectivity index (χ1n) is 7.21. The fourth-order valence-corrected chi connectivity index (χ4v) is 4.52. The van der Waals surface area contributed by atoms with Crippen LogP contribution in [0.5, 0.6) is 0 Å². The van der Waals surface area contributed by atoms with Gasteiger partial charge in [-0.1, -0.05) is 18.0 Å². The van der Waals surface area contributed by atoms with Crippen LogP contribution in [-0.4, -0.2) is 15.0 Å². The molecule has 21 heavy (non-hydrogen) atoms. The Morgan fingerprint density at radius 2 is 1.81 bits per heavy atom. The lowest BCUT2D eigenvalue weighted by atomic mass is 10.1. The average molecular weight is 316 g/mol. The Morgan fingerprint density at radius 3 is 2.67 bits per heavy atom. The van der Waals surface area contributed by atoms with Crippen molar-refractivity contribution in [1.82, 2.24) is 15.0 Å². The van der Waals surface area contributed by atoms with E-state index in [-0.39, 0.29) is 0 Å². The molecule has 0 atom stereocenters. The Bertz CT molecular complexity index is 798. The van der Waals surface area contributed by atoms with E-state index in [0.29, 0.717) is 11.0 Å². The summed E-state index contributed by atoms with van der Waals surface area (Å²) >= 11 is 8.27. The smallest absolute Gasteiger partial charge is 0.162 e. The van der Waals surface area contributed by atoms with E-state index in [4.69, 9.17) is 16.6 Å². The Kier molecular flexibility index (Phi) is 3.36. The van der Waals surface area contributed by atoms with Gasteiger partial charge in [-0.15, -0.1) is 11.3 Å². The number of halogens is 1. The van der Waals surface area contributed by atoms with Gasteiger partial charge in [0.15, 0.2) is 5.82 Å². The number of fused-ring (bicyclic) bond motifs is 3. The molecule has 0 saturated heterocycles. The van der Waals surface area contributed by atoms with Crippen molar-refractivity contribution in [2.45, 2.75) is 32.1 Å². The minimum Gasteiger partial charge on any atom is -0.265 e. The van der Waals surface area contributed by atoms with Crippen LogP contribution in [0.15, 0.2) is 24.5 Å². The lowest BCUT2D eigenvalue weighted by molar-refractivity contribution is 0.713. The molecule has 0 bridgehead atoms. The van der Waals surface area contributed by atoms with Crippen LogP contribution in [0, 0.1) is 0 Å². The second-order valence-electron chi connectivity index (χ2n) is 5.32. The fourth-order valence-electron chi connectivity index (χ4n) is 2.92. The molecule has 0 saturated carbocycles. The molecule has 0 fully saturated rings. The Balaban J connectivity index is 1.92. The molecule has 1 aliphatic rings. The summed E-state index contributed by atoms with van der Waals surface area (Å²) < 4.78 is 0. The molecular formula is C16H14ClN3S. The van der Waals surface area contributed by atoms with E-state index < -0.39 is 0 Å². The summed E-state index contributed by atoms with van der Waals surface area (Å²) in [7, 11) is 0. The number of aromatic nitrogens is 3. The molecule has 3 aromatic rings. The molecule has 0 radical (unpaired) electrons. The summed E-state index contributed by atoms with van der Waals surface area (Å²) in [6.45, 7) is 0. The number of nitrogens with zero attached hydrogens (tertiary/aromatic N) is 3. The molecule has 3 aromatic heterocycles. The number of thiophene rings is 1. The molecule has 5 heteroatoms. The van der Waals surface area contributed by atoms with Gasteiger partial charge in [-0.25, -0.2) is 9.97 Å². The summed E-state index contributed by atoms with van der Waals surface area (Å²) in [5.41, 5.74) is 2.34. The third-order valence-electron chi connectivity index (χ3n) is 3.96. The van der Waals surface area contributed by atoms with Gasteiger partial charge in [0.25, 0.3) is 0 Å². The zero-order valence-corrected chi connectivity index (χ0v) is 13.0. The van der Waals surface area contributed by atoms with E-state index in [1.807, 2.05) is 12.1 Å². The maximum absolute atomic E-state index is 6.48. The molecule has 4 rings (SSSR count). The number of pyridine rings is 1. The molecule has 0 amide bonds. The molecule has 3 nitrogen and oxygen atoms in total. The van der Waals surface area contributed by atoms with Crippen molar-refractivity contribution in [1.29, 1.82) is 0 Å². The number of rotatable bonds is 1. The molecule has 0 spiro atoms. The number of aryl methyl sites for hydroxylation is 2. The Hall–Kier alpha value is -1.52. The highest BCUT2D eigenvalue weighted by atomic mass is 35.5. The second-order valence-corrected chi connectivity index (χ2v) is 6.76. The zero-order chi connectivity index (χ0) is 14.2. The highest BCUT2D eigenvalue weighted by Gasteiger charge is 2.19. The van der Waals surface area contributed by atoms with Crippen LogP contribution in [0.2, 0.25) is 5.15 Å². The van der Waals surface area contributed by atoms with Crippen LogP contribution in [0.3, 0.4) is 0 Å².